The Bertz CT molecular complexity index is 211. The van der Waals surface area contributed by atoms with E-state index in [0.717, 1.165) is 32.1 Å². The number of aliphatic carboxylic acids is 2. The number of carboxylic acid groups (broad SMARTS) is 2. The second-order valence-corrected chi connectivity index (χ2v) is 3.55. The molecular formula is C9H16KNaO4. The minimum atomic E-state index is -1.19. The maximum atomic E-state index is 10.7. The van der Waals surface area contributed by atoms with Crippen molar-refractivity contribution in [2.45, 2.75) is 32.1 Å². The summed E-state index contributed by atoms with van der Waals surface area (Å²) in [7, 11) is 0. The molecule has 78 valence electrons. The van der Waals surface area contributed by atoms with E-state index in [9.17, 15) is 9.59 Å². The molecule has 0 bridgehead atoms. The van der Waals surface area contributed by atoms with Gasteiger partial charge in [-0.1, -0.05) is 19.3 Å². The van der Waals surface area contributed by atoms with Gasteiger partial charge >= 0.3 is 92.9 Å². The zero-order valence-corrected chi connectivity index (χ0v) is 14.5. The van der Waals surface area contributed by atoms with E-state index in [0.29, 0.717) is 0 Å². The molecule has 0 aliphatic heterocycles. The third kappa shape index (κ3) is 6.17. The van der Waals surface area contributed by atoms with Crippen LogP contribution in [0.2, 0.25) is 0 Å². The quantitative estimate of drug-likeness (QED) is 0.392. The Hall–Kier alpha value is 1.58. The van der Waals surface area contributed by atoms with Gasteiger partial charge in [0.2, 0.25) is 0 Å². The summed E-state index contributed by atoms with van der Waals surface area (Å²) in [5.74, 6) is -3.75. The molecule has 1 aliphatic rings. The van der Waals surface area contributed by atoms with Crippen LogP contribution in [0.15, 0.2) is 0 Å². The summed E-state index contributed by atoms with van der Waals surface area (Å²) in [4.78, 5) is 21.3. The third-order valence-electron chi connectivity index (χ3n) is 2.65. The predicted octanol–water partition coefficient (Wildman–Crippen LogP) is -4.41. The maximum absolute atomic E-state index is 10.7. The number of carbonyl (C=O) groups is 2. The molecule has 6 heteroatoms. The zero-order chi connectivity index (χ0) is 9.84. The Morgan fingerprint density at radius 2 is 1.47 bits per heavy atom. The molecule has 0 aromatic rings. The molecule has 2 N–H and O–H groups in total. The van der Waals surface area contributed by atoms with E-state index in [2.05, 4.69) is 0 Å². The average Bonchev–Trinajstić information content (AvgIpc) is 2.04. The fraction of sp³-hybridized carbons (Fsp3) is 0.778. The molecule has 0 unspecified atom stereocenters. The van der Waals surface area contributed by atoms with Crippen molar-refractivity contribution in [1.29, 1.82) is 0 Å². The monoisotopic (exact) mass is 250 g/mol. The average molecular weight is 250 g/mol. The second-order valence-electron chi connectivity index (χ2n) is 3.55. The first-order valence-corrected chi connectivity index (χ1v) is 4.58. The van der Waals surface area contributed by atoms with E-state index >= 15 is 0 Å². The summed E-state index contributed by atoms with van der Waals surface area (Å²) >= 11 is 0. The van der Waals surface area contributed by atoms with Gasteiger partial charge in [0.25, 0.3) is 0 Å². The first-order valence-electron chi connectivity index (χ1n) is 4.58. The Morgan fingerprint density at radius 3 is 1.80 bits per heavy atom. The van der Waals surface area contributed by atoms with Crippen LogP contribution in [0.3, 0.4) is 0 Å². The van der Waals surface area contributed by atoms with Gasteiger partial charge in [0, 0.05) is 0 Å². The molecule has 0 spiro atoms. The van der Waals surface area contributed by atoms with Crippen molar-refractivity contribution in [3.05, 3.63) is 0 Å². The van der Waals surface area contributed by atoms with Gasteiger partial charge in [0.1, 0.15) is 0 Å². The third-order valence-corrected chi connectivity index (χ3v) is 2.65. The van der Waals surface area contributed by atoms with E-state index in [4.69, 9.17) is 10.2 Å². The number of rotatable bonds is 3. The molecule has 1 saturated carbocycles. The van der Waals surface area contributed by atoms with Crippen molar-refractivity contribution in [3.63, 3.8) is 0 Å². The molecule has 1 fully saturated rings. The van der Waals surface area contributed by atoms with Gasteiger partial charge in [0.15, 0.2) is 5.92 Å². The topological polar surface area (TPSA) is 74.6 Å². The Balaban J connectivity index is -0.000000211. The van der Waals surface area contributed by atoms with E-state index in [1.807, 2.05) is 0 Å². The zero-order valence-electron chi connectivity index (χ0n) is 11.4. The smallest absolute Gasteiger partial charge is 1.00 e. The van der Waals surface area contributed by atoms with Gasteiger partial charge in [-0.2, -0.15) is 0 Å². The van der Waals surface area contributed by atoms with Crippen LogP contribution in [-0.4, -0.2) is 22.2 Å². The van der Waals surface area contributed by atoms with Gasteiger partial charge in [-0.3, -0.25) is 9.59 Å². The summed E-state index contributed by atoms with van der Waals surface area (Å²) in [5, 5.41) is 17.4. The first-order chi connectivity index (χ1) is 6.13. The van der Waals surface area contributed by atoms with Gasteiger partial charge < -0.3 is 13.1 Å². The first kappa shape index (κ1) is 18.9. The molecule has 0 aromatic carbocycles. The molecule has 1 rings (SSSR count). The van der Waals surface area contributed by atoms with E-state index < -0.39 is 17.9 Å². The molecule has 0 atom stereocenters. The number of hydrogen-bond acceptors (Lipinski definition) is 2. The van der Waals surface area contributed by atoms with Gasteiger partial charge in [-0.05, 0) is 18.8 Å². The van der Waals surface area contributed by atoms with Crippen LogP contribution in [0.4, 0.5) is 0 Å². The minimum absolute atomic E-state index is 0. The molecule has 0 heterocycles. The second kappa shape index (κ2) is 9.59. The van der Waals surface area contributed by atoms with Crippen LogP contribution in [-0.2, 0) is 9.59 Å². The summed E-state index contributed by atoms with van der Waals surface area (Å²) in [6.45, 7) is 0. The van der Waals surface area contributed by atoms with Crippen LogP contribution < -0.4 is 80.9 Å². The Labute approximate surface area is 157 Å². The molecule has 0 aromatic heterocycles. The molecule has 4 nitrogen and oxygen atoms in total. The molecule has 15 heavy (non-hydrogen) atoms. The molecule has 1 aliphatic carbocycles. The van der Waals surface area contributed by atoms with Crippen molar-refractivity contribution in [1.82, 2.24) is 0 Å². The van der Waals surface area contributed by atoms with Gasteiger partial charge in [0.05, 0.1) is 0 Å². The summed E-state index contributed by atoms with van der Waals surface area (Å²) in [6.07, 6.45) is 4.50. The normalized spacial score (nSPS) is 16.3. The van der Waals surface area contributed by atoms with Crippen LogP contribution in [0.5, 0.6) is 0 Å². The van der Waals surface area contributed by atoms with Gasteiger partial charge in [-0.25, -0.2) is 0 Å². The van der Waals surface area contributed by atoms with E-state index in [1.165, 1.54) is 0 Å². The Kier molecular flexibility index (Phi) is 12.1. The van der Waals surface area contributed by atoms with E-state index in [-0.39, 0.29) is 89.7 Å². The standard InChI is InChI=1S/C9H14O4.K.Na.2H/c10-8(11)7(9(12)13)6-4-2-1-3-5-6;;;;/h6-7H,1-5H2,(H,10,11)(H,12,13);;;;/q;2*+1;2*-1. The van der Waals surface area contributed by atoms with Crippen LogP contribution >= 0.6 is 0 Å². The fourth-order valence-electron chi connectivity index (χ4n) is 1.98. The van der Waals surface area contributed by atoms with E-state index in [1.54, 1.807) is 0 Å². The summed E-state index contributed by atoms with van der Waals surface area (Å²) in [6, 6.07) is 0. The summed E-state index contributed by atoms with van der Waals surface area (Å²) in [5.41, 5.74) is 0. The van der Waals surface area contributed by atoms with Crippen molar-refractivity contribution in [2.24, 2.45) is 11.8 Å². The van der Waals surface area contributed by atoms with Crippen LogP contribution in [0, 0.1) is 11.8 Å². The van der Waals surface area contributed by atoms with Crippen molar-refractivity contribution < 1.29 is 104 Å². The Morgan fingerprint density at radius 1 is 1.07 bits per heavy atom. The minimum Gasteiger partial charge on any atom is -1.00 e. The number of hydrogen-bond donors (Lipinski definition) is 2. The van der Waals surface area contributed by atoms with Crippen LogP contribution in [0.25, 0.3) is 0 Å². The van der Waals surface area contributed by atoms with Gasteiger partial charge in [-0.15, -0.1) is 0 Å². The SMILES string of the molecule is O=C(O)C(C(=O)O)C1CCCCC1.[H-].[H-].[K+].[Na+]. The van der Waals surface area contributed by atoms with Crippen molar-refractivity contribution in [2.75, 3.05) is 0 Å². The van der Waals surface area contributed by atoms with Crippen molar-refractivity contribution in [3.8, 4) is 0 Å². The fourth-order valence-corrected chi connectivity index (χ4v) is 1.98. The molecule has 0 saturated heterocycles. The van der Waals surface area contributed by atoms with Crippen LogP contribution in [0.1, 0.15) is 35.0 Å². The summed E-state index contributed by atoms with van der Waals surface area (Å²) < 4.78 is 0. The molecular weight excluding hydrogens is 234 g/mol. The number of carboxylic acids is 2. The molecule has 0 amide bonds. The van der Waals surface area contributed by atoms with Crippen molar-refractivity contribution >= 4 is 11.9 Å². The maximum Gasteiger partial charge on any atom is 1.00 e. The molecule has 0 radical (unpaired) electrons. The predicted molar refractivity (Wildman–Crippen MR) is 47.6 cm³/mol. The largest absolute Gasteiger partial charge is 1.00 e.